The van der Waals surface area contributed by atoms with Crippen LogP contribution in [0.15, 0.2) is 12.1 Å². The van der Waals surface area contributed by atoms with Gasteiger partial charge in [-0.2, -0.15) is 0 Å². The van der Waals surface area contributed by atoms with Crippen molar-refractivity contribution in [3.8, 4) is 11.5 Å². The summed E-state index contributed by atoms with van der Waals surface area (Å²) in [5.74, 6) is 1.02. The Morgan fingerprint density at radius 3 is 2.58 bits per heavy atom. The second-order valence-electron chi connectivity index (χ2n) is 2.59. The molecule has 0 unspecified atom stereocenters. The summed E-state index contributed by atoms with van der Waals surface area (Å²) in [6.45, 7) is 1.83. The second kappa shape index (κ2) is 3.34. The molecule has 1 aromatic carbocycles. The van der Waals surface area contributed by atoms with Gasteiger partial charge in [-0.25, -0.2) is 0 Å². The fourth-order valence-electron chi connectivity index (χ4n) is 1.03. The Balaban J connectivity index is 3.19. The van der Waals surface area contributed by atoms with E-state index in [9.17, 15) is 5.11 Å². The summed E-state index contributed by atoms with van der Waals surface area (Å²) in [5.41, 5.74) is 1.60. The number of phenols is 1. The van der Waals surface area contributed by atoms with Gasteiger partial charge in [0.1, 0.15) is 11.5 Å². The molecule has 0 fully saturated rings. The summed E-state index contributed by atoms with van der Waals surface area (Å²) in [4.78, 5) is 0. The number of rotatable bonds is 2. The standard InChI is InChI=1S/C9H13NO2/c1-6-4-9(12-3)7(10-2)5-8(6)11/h4-5,10-11H,1-3H3. The third kappa shape index (κ3) is 1.44. The van der Waals surface area contributed by atoms with E-state index in [-0.39, 0.29) is 5.75 Å². The monoisotopic (exact) mass is 167 g/mol. The van der Waals surface area contributed by atoms with Gasteiger partial charge in [-0.15, -0.1) is 0 Å². The minimum Gasteiger partial charge on any atom is -0.508 e. The average molecular weight is 167 g/mol. The third-order valence-corrected chi connectivity index (χ3v) is 1.79. The number of aromatic hydroxyl groups is 1. The van der Waals surface area contributed by atoms with Crippen molar-refractivity contribution in [1.29, 1.82) is 0 Å². The van der Waals surface area contributed by atoms with Crippen LogP contribution in [0.2, 0.25) is 0 Å². The molecule has 0 aliphatic carbocycles. The van der Waals surface area contributed by atoms with Gasteiger partial charge in [0.25, 0.3) is 0 Å². The summed E-state index contributed by atoms with van der Waals surface area (Å²) in [7, 11) is 3.39. The van der Waals surface area contributed by atoms with Gasteiger partial charge < -0.3 is 15.2 Å². The Bertz CT molecular complexity index is 255. The Morgan fingerprint density at radius 2 is 2.08 bits per heavy atom. The number of methoxy groups -OCH3 is 1. The smallest absolute Gasteiger partial charge is 0.142 e. The molecule has 0 aliphatic heterocycles. The van der Waals surface area contributed by atoms with Crippen LogP contribution < -0.4 is 10.1 Å². The van der Waals surface area contributed by atoms with Crippen molar-refractivity contribution in [2.75, 3.05) is 19.5 Å². The highest BCUT2D eigenvalue weighted by molar-refractivity contribution is 5.61. The van der Waals surface area contributed by atoms with Crippen molar-refractivity contribution < 1.29 is 9.84 Å². The van der Waals surface area contributed by atoms with Crippen molar-refractivity contribution in [1.82, 2.24) is 0 Å². The molecule has 12 heavy (non-hydrogen) atoms. The topological polar surface area (TPSA) is 41.5 Å². The van der Waals surface area contributed by atoms with E-state index in [1.54, 1.807) is 26.3 Å². The van der Waals surface area contributed by atoms with Crippen LogP contribution in [0.5, 0.6) is 11.5 Å². The first-order valence-corrected chi connectivity index (χ1v) is 3.74. The average Bonchev–Trinajstić information content (AvgIpc) is 2.09. The lowest BCUT2D eigenvalue weighted by Gasteiger charge is -2.09. The molecule has 0 aliphatic rings. The zero-order valence-corrected chi connectivity index (χ0v) is 7.51. The summed E-state index contributed by atoms with van der Waals surface area (Å²) in [6.07, 6.45) is 0. The molecule has 0 aromatic heterocycles. The van der Waals surface area contributed by atoms with Crippen LogP contribution >= 0.6 is 0 Å². The molecule has 0 saturated carbocycles. The van der Waals surface area contributed by atoms with Crippen molar-refractivity contribution in [3.63, 3.8) is 0 Å². The summed E-state index contributed by atoms with van der Waals surface area (Å²) < 4.78 is 5.10. The number of hydrogen-bond donors (Lipinski definition) is 2. The summed E-state index contributed by atoms with van der Waals surface area (Å²) >= 11 is 0. The molecule has 0 bridgehead atoms. The van der Waals surface area contributed by atoms with Crippen LogP contribution in [-0.2, 0) is 0 Å². The fourth-order valence-corrected chi connectivity index (χ4v) is 1.03. The number of aryl methyl sites for hydroxylation is 1. The Morgan fingerprint density at radius 1 is 1.42 bits per heavy atom. The van der Waals surface area contributed by atoms with Crippen LogP contribution in [0.25, 0.3) is 0 Å². The van der Waals surface area contributed by atoms with Gasteiger partial charge >= 0.3 is 0 Å². The zero-order valence-electron chi connectivity index (χ0n) is 7.51. The minimum absolute atomic E-state index is 0.278. The first-order chi connectivity index (χ1) is 5.69. The van der Waals surface area contributed by atoms with Crippen molar-refractivity contribution in [2.45, 2.75) is 6.92 Å². The number of anilines is 1. The molecule has 0 saturated heterocycles. The first-order valence-electron chi connectivity index (χ1n) is 3.74. The SMILES string of the molecule is CNc1cc(O)c(C)cc1OC. The zero-order chi connectivity index (χ0) is 9.14. The van der Waals surface area contributed by atoms with E-state index in [0.29, 0.717) is 0 Å². The Hall–Kier alpha value is -1.38. The van der Waals surface area contributed by atoms with Crippen LogP contribution in [0.3, 0.4) is 0 Å². The number of hydrogen-bond acceptors (Lipinski definition) is 3. The molecule has 0 amide bonds. The molecule has 3 nitrogen and oxygen atoms in total. The number of benzene rings is 1. The van der Waals surface area contributed by atoms with E-state index >= 15 is 0 Å². The molecule has 0 radical (unpaired) electrons. The molecule has 1 aromatic rings. The van der Waals surface area contributed by atoms with Gasteiger partial charge in [-0.05, 0) is 18.6 Å². The Kier molecular flexibility index (Phi) is 2.43. The molecule has 0 heterocycles. The Labute approximate surface area is 72.0 Å². The quantitative estimate of drug-likeness (QED) is 0.705. The largest absolute Gasteiger partial charge is 0.508 e. The van der Waals surface area contributed by atoms with E-state index in [1.807, 2.05) is 6.92 Å². The summed E-state index contributed by atoms with van der Waals surface area (Å²) in [5, 5.41) is 12.3. The van der Waals surface area contributed by atoms with Crippen molar-refractivity contribution in [3.05, 3.63) is 17.7 Å². The van der Waals surface area contributed by atoms with E-state index in [0.717, 1.165) is 17.0 Å². The van der Waals surface area contributed by atoms with Crippen molar-refractivity contribution >= 4 is 5.69 Å². The van der Waals surface area contributed by atoms with Gasteiger partial charge in [-0.3, -0.25) is 0 Å². The van der Waals surface area contributed by atoms with E-state index < -0.39 is 0 Å². The fraction of sp³-hybridized carbons (Fsp3) is 0.333. The normalized spacial score (nSPS) is 9.58. The van der Waals surface area contributed by atoms with Gasteiger partial charge in [0.2, 0.25) is 0 Å². The lowest BCUT2D eigenvalue weighted by atomic mass is 10.2. The molecule has 66 valence electrons. The van der Waals surface area contributed by atoms with Crippen LogP contribution in [0, 0.1) is 6.92 Å². The van der Waals surface area contributed by atoms with Gasteiger partial charge in [0.15, 0.2) is 0 Å². The molecule has 0 atom stereocenters. The molecule has 0 spiro atoms. The molecule has 2 N–H and O–H groups in total. The van der Waals surface area contributed by atoms with Gasteiger partial charge in [0, 0.05) is 13.1 Å². The predicted octanol–water partition coefficient (Wildman–Crippen LogP) is 1.75. The maximum atomic E-state index is 9.36. The minimum atomic E-state index is 0.278. The molecule has 3 heteroatoms. The van der Waals surface area contributed by atoms with Gasteiger partial charge in [0.05, 0.1) is 12.8 Å². The third-order valence-electron chi connectivity index (χ3n) is 1.79. The van der Waals surface area contributed by atoms with E-state index in [1.165, 1.54) is 0 Å². The highest BCUT2D eigenvalue weighted by atomic mass is 16.5. The van der Waals surface area contributed by atoms with Gasteiger partial charge in [-0.1, -0.05) is 0 Å². The highest BCUT2D eigenvalue weighted by Crippen LogP contribution is 2.30. The lowest BCUT2D eigenvalue weighted by molar-refractivity contribution is 0.413. The van der Waals surface area contributed by atoms with Crippen molar-refractivity contribution in [2.24, 2.45) is 0 Å². The predicted molar refractivity (Wildman–Crippen MR) is 48.9 cm³/mol. The molecule has 1 rings (SSSR count). The maximum Gasteiger partial charge on any atom is 0.142 e. The lowest BCUT2D eigenvalue weighted by Crippen LogP contribution is -1.94. The first kappa shape index (κ1) is 8.71. The second-order valence-corrected chi connectivity index (χ2v) is 2.59. The van der Waals surface area contributed by atoms with Crippen LogP contribution in [0.1, 0.15) is 5.56 Å². The van der Waals surface area contributed by atoms with Crippen LogP contribution in [-0.4, -0.2) is 19.3 Å². The summed E-state index contributed by atoms with van der Waals surface area (Å²) in [6, 6.07) is 3.44. The number of ether oxygens (including phenoxy) is 1. The van der Waals surface area contributed by atoms with E-state index in [4.69, 9.17) is 4.74 Å². The highest BCUT2D eigenvalue weighted by Gasteiger charge is 2.04. The molecular weight excluding hydrogens is 154 g/mol. The van der Waals surface area contributed by atoms with Crippen LogP contribution in [0.4, 0.5) is 5.69 Å². The maximum absolute atomic E-state index is 9.36. The molecular formula is C9H13NO2. The van der Waals surface area contributed by atoms with E-state index in [2.05, 4.69) is 5.32 Å². The number of nitrogens with one attached hydrogen (secondary N) is 1. The number of phenolic OH excluding ortho intramolecular Hbond substituents is 1.